The second-order valence-electron chi connectivity index (χ2n) is 6.91. The largest absolute Gasteiger partial charge is 0.478 e. The van der Waals surface area contributed by atoms with Gasteiger partial charge < -0.3 is 15.2 Å². The summed E-state index contributed by atoms with van der Waals surface area (Å²) < 4.78 is 6.92. The summed E-state index contributed by atoms with van der Waals surface area (Å²) in [5.41, 5.74) is 2.09. The number of hydrogen-bond acceptors (Lipinski definition) is 4. The number of ether oxygens (including phenoxy) is 1. The van der Waals surface area contributed by atoms with Gasteiger partial charge in [-0.15, -0.1) is 0 Å². The van der Waals surface area contributed by atoms with Crippen LogP contribution < -0.4 is 5.32 Å². The molecule has 0 spiro atoms. The van der Waals surface area contributed by atoms with Crippen LogP contribution in [-0.4, -0.2) is 40.0 Å². The molecule has 0 atom stereocenters. The van der Waals surface area contributed by atoms with Gasteiger partial charge in [-0.1, -0.05) is 6.07 Å². The van der Waals surface area contributed by atoms with Gasteiger partial charge in [0.05, 0.1) is 17.6 Å². The molecule has 1 aromatic carbocycles. The molecule has 1 aliphatic rings. The van der Waals surface area contributed by atoms with Crippen molar-refractivity contribution in [1.29, 1.82) is 0 Å². The Hall–Kier alpha value is -2.67. The number of benzene rings is 1. The summed E-state index contributed by atoms with van der Waals surface area (Å²) >= 11 is 0. The fourth-order valence-electron chi connectivity index (χ4n) is 3.41. The lowest BCUT2D eigenvalue weighted by atomic mass is 9.94. The number of nitrogens with zero attached hydrogens (tertiary/aromatic N) is 2. The van der Waals surface area contributed by atoms with Gasteiger partial charge in [0.1, 0.15) is 5.56 Å². The lowest BCUT2D eigenvalue weighted by molar-refractivity contribution is -0.116. The molecule has 1 saturated heterocycles. The molecule has 7 nitrogen and oxygen atoms in total. The van der Waals surface area contributed by atoms with Crippen LogP contribution in [0.25, 0.3) is 5.69 Å². The van der Waals surface area contributed by atoms with Gasteiger partial charge in [0.15, 0.2) is 0 Å². The molecule has 2 aromatic rings. The topological polar surface area (TPSA) is 93.5 Å². The van der Waals surface area contributed by atoms with E-state index >= 15 is 0 Å². The van der Waals surface area contributed by atoms with E-state index in [9.17, 15) is 9.59 Å². The summed E-state index contributed by atoms with van der Waals surface area (Å²) in [6.07, 6.45) is 5.93. The monoisotopic (exact) mass is 371 g/mol. The zero-order valence-electron chi connectivity index (χ0n) is 15.5. The second kappa shape index (κ2) is 8.81. The van der Waals surface area contributed by atoms with E-state index in [1.54, 1.807) is 17.7 Å². The standard InChI is InChI=1S/C20H25N3O4/c1-14-18(20(25)26)13-21-23(14)17-6-3-5-16(12-17)22-19(24)7-2-4-15-8-10-27-11-9-15/h3,5-6,12-13,15H,2,4,7-11H2,1H3,(H,22,24)(H,25,26). The highest BCUT2D eigenvalue weighted by Crippen LogP contribution is 2.22. The highest BCUT2D eigenvalue weighted by molar-refractivity contribution is 5.91. The van der Waals surface area contributed by atoms with Crippen LogP contribution in [0.4, 0.5) is 5.69 Å². The number of carboxylic acid groups (broad SMARTS) is 1. The first-order valence-electron chi connectivity index (χ1n) is 9.30. The van der Waals surface area contributed by atoms with E-state index in [1.165, 1.54) is 6.20 Å². The van der Waals surface area contributed by atoms with Gasteiger partial charge in [-0.25, -0.2) is 9.48 Å². The van der Waals surface area contributed by atoms with E-state index in [-0.39, 0.29) is 11.5 Å². The van der Waals surface area contributed by atoms with E-state index in [2.05, 4.69) is 10.4 Å². The van der Waals surface area contributed by atoms with Gasteiger partial charge in [-0.2, -0.15) is 5.10 Å². The van der Waals surface area contributed by atoms with Crippen molar-refractivity contribution < 1.29 is 19.4 Å². The highest BCUT2D eigenvalue weighted by Gasteiger charge is 2.15. The van der Waals surface area contributed by atoms with Crippen molar-refractivity contribution in [3.8, 4) is 5.69 Å². The van der Waals surface area contributed by atoms with Crippen molar-refractivity contribution >= 4 is 17.6 Å². The van der Waals surface area contributed by atoms with E-state index in [1.807, 2.05) is 18.2 Å². The number of amides is 1. The molecule has 1 aliphatic heterocycles. The van der Waals surface area contributed by atoms with Crippen LogP contribution in [-0.2, 0) is 9.53 Å². The first-order valence-corrected chi connectivity index (χ1v) is 9.30. The molecule has 1 fully saturated rings. The van der Waals surface area contributed by atoms with Gasteiger partial charge >= 0.3 is 5.97 Å². The van der Waals surface area contributed by atoms with E-state index in [0.717, 1.165) is 38.9 Å². The number of aromatic nitrogens is 2. The van der Waals surface area contributed by atoms with Gasteiger partial charge in [0.2, 0.25) is 5.91 Å². The average molecular weight is 371 g/mol. The predicted molar refractivity (Wildman–Crippen MR) is 101 cm³/mol. The van der Waals surface area contributed by atoms with Gasteiger partial charge in [0.25, 0.3) is 0 Å². The lowest BCUT2D eigenvalue weighted by Crippen LogP contribution is -2.17. The second-order valence-corrected chi connectivity index (χ2v) is 6.91. The summed E-state index contributed by atoms with van der Waals surface area (Å²) in [7, 11) is 0. The molecule has 27 heavy (non-hydrogen) atoms. The number of aromatic carboxylic acids is 1. The minimum Gasteiger partial charge on any atom is -0.478 e. The fraction of sp³-hybridized carbons (Fsp3) is 0.450. The number of anilines is 1. The normalized spacial score (nSPS) is 14.9. The maximum absolute atomic E-state index is 12.2. The van der Waals surface area contributed by atoms with Crippen molar-refractivity contribution in [2.45, 2.75) is 39.0 Å². The zero-order chi connectivity index (χ0) is 19.2. The SMILES string of the molecule is Cc1c(C(=O)O)cnn1-c1cccc(NC(=O)CCCC2CCOCC2)c1. The zero-order valence-corrected chi connectivity index (χ0v) is 15.5. The van der Waals surface area contributed by atoms with Gasteiger partial charge in [-0.05, 0) is 56.7 Å². The summed E-state index contributed by atoms with van der Waals surface area (Å²) in [5.74, 6) is -0.351. The van der Waals surface area contributed by atoms with Crippen LogP contribution in [0.2, 0.25) is 0 Å². The third-order valence-electron chi connectivity index (χ3n) is 4.97. The van der Waals surface area contributed by atoms with E-state index in [4.69, 9.17) is 9.84 Å². The van der Waals surface area contributed by atoms with Crippen LogP contribution in [0.5, 0.6) is 0 Å². The predicted octanol–water partition coefficient (Wildman–Crippen LogP) is 3.41. The number of carbonyl (C=O) groups is 2. The van der Waals surface area contributed by atoms with E-state index < -0.39 is 5.97 Å². The molecule has 0 bridgehead atoms. The molecular formula is C20H25N3O4. The molecule has 0 unspecified atom stereocenters. The number of nitrogens with one attached hydrogen (secondary N) is 1. The molecule has 2 N–H and O–H groups in total. The molecular weight excluding hydrogens is 346 g/mol. The van der Waals surface area contributed by atoms with Crippen LogP contribution in [0.1, 0.15) is 48.2 Å². The van der Waals surface area contributed by atoms with Crippen molar-refractivity contribution in [3.63, 3.8) is 0 Å². The van der Waals surface area contributed by atoms with Crippen LogP contribution in [0.15, 0.2) is 30.5 Å². The molecule has 144 valence electrons. The first kappa shape index (κ1) is 19.1. The summed E-state index contributed by atoms with van der Waals surface area (Å²) in [4.78, 5) is 23.4. The number of carboxylic acids is 1. The van der Waals surface area contributed by atoms with Crippen molar-refractivity contribution in [2.75, 3.05) is 18.5 Å². The minimum atomic E-state index is -1.01. The molecule has 3 rings (SSSR count). The van der Waals surface area contributed by atoms with Crippen molar-refractivity contribution in [3.05, 3.63) is 41.7 Å². The Balaban J connectivity index is 1.57. The Morgan fingerprint density at radius 2 is 2.11 bits per heavy atom. The third-order valence-corrected chi connectivity index (χ3v) is 4.97. The summed E-state index contributed by atoms with van der Waals surface area (Å²) in [6.45, 7) is 3.37. The Morgan fingerprint density at radius 1 is 1.33 bits per heavy atom. The Bertz CT molecular complexity index is 809. The highest BCUT2D eigenvalue weighted by atomic mass is 16.5. The maximum Gasteiger partial charge on any atom is 0.339 e. The van der Waals surface area contributed by atoms with Crippen molar-refractivity contribution in [1.82, 2.24) is 9.78 Å². The first-order chi connectivity index (χ1) is 13.0. The minimum absolute atomic E-state index is 0.0115. The molecule has 0 saturated carbocycles. The van der Waals surface area contributed by atoms with Gasteiger partial charge in [0, 0.05) is 25.3 Å². The smallest absolute Gasteiger partial charge is 0.339 e. The Morgan fingerprint density at radius 3 is 2.81 bits per heavy atom. The Labute approximate surface area is 158 Å². The lowest BCUT2D eigenvalue weighted by Gasteiger charge is -2.21. The number of rotatable bonds is 7. The maximum atomic E-state index is 12.2. The van der Waals surface area contributed by atoms with Crippen molar-refractivity contribution in [2.24, 2.45) is 5.92 Å². The van der Waals surface area contributed by atoms with E-state index in [0.29, 0.717) is 29.4 Å². The molecule has 1 amide bonds. The average Bonchev–Trinajstić information content (AvgIpc) is 3.04. The fourth-order valence-corrected chi connectivity index (χ4v) is 3.41. The van der Waals surface area contributed by atoms with Crippen LogP contribution in [0, 0.1) is 12.8 Å². The summed E-state index contributed by atoms with van der Waals surface area (Å²) in [6, 6.07) is 7.25. The van der Waals surface area contributed by atoms with Gasteiger partial charge in [-0.3, -0.25) is 4.79 Å². The number of carbonyl (C=O) groups excluding carboxylic acids is 1. The molecule has 7 heteroatoms. The molecule has 2 heterocycles. The Kier molecular flexibility index (Phi) is 6.24. The van der Waals surface area contributed by atoms with Crippen LogP contribution >= 0.6 is 0 Å². The molecule has 0 aliphatic carbocycles. The molecule has 1 aromatic heterocycles. The molecule has 0 radical (unpaired) electrons. The summed E-state index contributed by atoms with van der Waals surface area (Å²) in [5, 5.41) is 16.2. The third kappa shape index (κ3) is 4.95. The quantitative estimate of drug-likeness (QED) is 0.778. The number of hydrogen-bond donors (Lipinski definition) is 2. The van der Waals surface area contributed by atoms with Crippen LogP contribution in [0.3, 0.4) is 0 Å².